The number of carbonyl (C=O) groups excluding carboxylic acids is 1. The summed E-state index contributed by atoms with van der Waals surface area (Å²) in [7, 11) is -3.94. The maximum atomic E-state index is 13.0. The average Bonchev–Trinajstić information content (AvgIpc) is 2.70. The van der Waals surface area contributed by atoms with Crippen LogP contribution in [0.3, 0.4) is 0 Å². The number of halogens is 1. The Bertz CT molecular complexity index is 1100. The molecule has 3 aromatic rings. The van der Waals surface area contributed by atoms with E-state index in [4.69, 9.17) is 4.74 Å². The van der Waals surface area contributed by atoms with Crippen LogP contribution in [0.15, 0.2) is 71.9 Å². The summed E-state index contributed by atoms with van der Waals surface area (Å²) in [5.41, 5.74) is 0.822. The van der Waals surface area contributed by atoms with Gasteiger partial charge < -0.3 is 10.1 Å². The zero-order valence-corrected chi connectivity index (χ0v) is 16.2. The quantitative estimate of drug-likeness (QED) is 0.614. The summed E-state index contributed by atoms with van der Waals surface area (Å²) in [4.78, 5) is 16.3. The molecule has 1 amide bonds. The molecule has 0 atom stereocenters. The first-order chi connectivity index (χ1) is 13.9. The number of benzene rings is 2. The molecule has 0 aliphatic rings. The molecule has 9 heteroatoms. The minimum Gasteiger partial charge on any atom is -0.494 e. The predicted octanol–water partition coefficient (Wildman–Crippen LogP) is 3.67. The number of hydrogen-bond donors (Lipinski definition) is 2. The first kappa shape index (κ1) is 20.3. The summed E-state index contributed by atoms with van der Waals surface area (Å²) in [6, 6.07) is 12.6. The van der Waals surface area contributed by atoms with Crippen molar-refractivity contribution in [2.45, 2.75) is 11.8 Å². The third kappa shape index (κ3) is 5.29. The van der Waals surface area contributed by atoms with Crippen molar-refractivity contribution in [3.63, 3.8) is 0 Å². The zero-order chi connectivity index (χ0) is 20.9. The van der Waals surface area contributed by atoms with Gasteiger partial charge in [-0.2, -0.15) is 0 Å². The van der Waals surface area contributed by atoms with E-state index in [1.54, 1.807) is 24.3 Å². The molecule has 0 unspecified atom stereocenters. The topological polar surface area (TPSA) is 97.4 Å². The molecule has 0 aliphatic carbocycles. The molecule has 1 aromatic heterocycles. The zero-order valence-electron chi connectivity index (χ0n) is 15.4. The Kier molecular flexibility index (Phi) is 6.08. The Morgan fingerprint density at radius 3 is 2.38 bits per heavy atom. The van der Waals surface area contributed by atoms with E-state index < -0.39 is 21.7 Å². The molecular weight excluding hydrogens is 397 g/mol. The van der Waals surface area contributed by atoms with Crippen molar-refractivity contribution in [1.29, 1.82) is 0 Å². The molecule has 3 rings (SSSR count). The number of nitrogens with one attached hydrogen (secondary N) is 2. The van der Waals surface area contributed by atoms with E-state index in [1.165, 1.54) is 18.5 Å². The van der Waals surface area contributed by atoms with Gasteiger partial charge in [0.25, 0.3) is 15.9 Å². The van der Waals surface area contributed by atoms with E-state index >= 15 is 0 Å². The predicted molar refractivity (Wildman–Crippen MR) is 107 cm³/mol. The summed E-state index contributed by atoms with van der Waals surface area (Å²) in [5.74, 6) is -0.313. The van der Waals surface area contributed by atoms with Crippen LogP contribution < -0.4 is 14.8 Å². The van der Waals surface area contributed by atoms with Gasteiger partial charge >= 0.3 is 0 Å². The molecule has 2 aromatic carbocycles. The summed E-state index contributed by atoms with van der Waals surface area (Å²) >= 11 is 0. The molecule has 29 heavy (non-hydrogen) atoms. The highest BCUT2D eigenvalue weighted by atomic mass is 32.2. The number of sulfonamides is 1. The van der Waals surface area contributed by atoms with E-state index in [0.29, 0.717) is 18.0 Å². The van der Waals surface area contributed by atoms with E-state index in [1.807, 2.05) is 6.92 Å². The molecule has 0 saturated carbocycles. The summed E-state index contributed by atoms with van der Waals surface area (Å²) in [6.07, 6.45) is 2.59. The van der Waals surface area contributed by atoms with E-state index in [9.17, 15) is 17.6 Å². The second kappa shape index (κ2) is 8.70. The molecule has 1 heterocycles. The van der Waals surface area contributed by atoms with Gasteiger partial charge in [0, 0.05) is 11.9 Å². The van der Waals surface area contributed by atoms with Crippen LogP contribution in [0.1, 0.15) is 17.3 Å². The molecule has 0 aliphatic heterocycles. The minimum absolute atomic E-state index is 0.105. The molecule has 150 valence electrons. The van der Waals surface area contributed by atoms with Crippen LogP contribution in [0, 0.1) is 5.82 Å². The number of hydrogen-bond acceptors (Lipinski definition) is 5. The largest absolute Gasteiger partial charge is 0.494 e. The van der Waals surface area contributed by atoms with Gasteiger partial charge in [0.2, 0.25) is 0 Å². The molecule has 7 nitrogen and oxygen atoms in total. The third-order valence-electron chi connectivity index (χ3n) is 3.80. The molecule has 0 radical (unpaired) electrons. The lowest BCUT2D eigenvalue weighted by atomic mass is 10.2. The number of carbonyl (C=O) groups is 1. The van der Waals surface area contributed by atoms with Crippen LogP contribution in [0.25, 0.3) is 0 Å². The highest BCUT2D eigenvalue weighted by molar-refractivity contribution is 7.92. The SMILES string of the molecule is CCOc1ccc(NC(=O)c2cncc(NS(=O)(=O)c3ccc(F)cc3)c2)cc1. The number of nitrogens with zero attached hydrogens (tertiary/aromatic N) is 1. The van der Waals surface area contributed by atoms with Gasteiger partial charge in [-0.25, -0.2) is 12.8 Å². The van der Waals surface area contributed by atoms with E-state index in [2.05, 4.69) is 15.0 Å². The van der Waals surface area contributed by atoms with Gasteiger partial charge in [0.05, 0.1) is 29.0 Å². The number of anilines is 2. The van der Waals surface area contributed by atoms with Crippen LogP contribution in [0.2, 0.25) is 0 Å². The second-order valence-electron chi connectivity index (χ2n) is 5.93. The number of pyridine rings is 1. The van der Waals surface area contributed by atoms with Gasteiger partial charge in [-0.3, -0.25) is 14.5 Å². The normalized spacial score (nSPS) is 11.0. The van der Waals surface area contributed by atoms with Crippen molar-refractivity contribution in [2.75, 3.05) is 16.6 Å². The Balaban J connectivity index is 1.73. The summed E-state index contributed by atoms with van der Waals surface area (Å²) < 4.78 is 45.5. The summed E-state index contributed by atoms with van der Waals surface area (Å²) in [6.45, 7) is 2.41. The molecule has 0 spiro atoms. The van der Waals surface area contributed by atoms with Crippen molar-refractivity contribution in [3.05, 3.63) is 78.4 Å². The Labute approximate surface area is 167 Å². The number of amides is 1. The summed E-state index contributed by atoms with van der Waals surface area (Å²) in [5, 5.41) is 2.70. The maximum Gasteiger partial charge on any atom is 0.261 e. The van der Waals surface area contributed by atoms with Crippen molar-refractivity contribution in [1.82, 2.24) is 4.98 Å². The molecule has 0 bridgehead atoms. The number of aromatic nitrogens is 1. The fourth-order valence-electron chi connectivity index (χ4n) is 2.45. The van der Waals surface area contributed by atoms with Crippen molar-refractivity contribution < 1.29 is 22.3 Å². The van der Waals surface area contributed by atoms with Crippen LogP contribution in [0.4, 0.5) is 15.8 Å². The van der Waals surface area contributed by atoms with Crippen molar-refractivity contribution in [2.24, 2.45) is 0 Å². The lowest BCUT2D eigenvalue weighted by molar-refractivity contribution is 0.102. The number of rotatable bonds is 7. The van der Waals surface area contributed by atoms with E-state index in [-0.39, 0.29) is 16.1 Å². The lowest BCUT2D eigenvalue weighted by Gasteiger charge is -2.10. The molecule has 0 fully saturated rings. The standard InChI is InChI=1S/C20H18FN3O4S/c1-2-28-18-7-5-16(6-8-18)23-20(25)14-11-17(13-22-12-14)24-29(26,27)19-9-3-15(21)4-10-19/h3-13,24H,2H2,1H3,(H,23,25). The molecular formula is C20H18FN3O4S. The van der Waals surface area contributed by atoms with Gasteiger partial charge in [-0.05, 0) is 61.5 Å². The van der Waals surface area contributed by atoms with Crippen LogP contribution in [-0.4, -0.2) is 25.9 Å². The molecule has 2 N–H and O–H groups in total. The van der Waals surface area contributed by atoms with Crippen LogP contribution >= 0.6 is 0 Å². The van der Waals surface area contributed by atoms with Gasteiger partial charge in [-0.1, -0.05) is 0 Å². The van der Waals surface area contributed by atoms with Crippen molar-refractivity contribution >= 4 is 27.3 Å². The molecule has 0 saturated heterocycles. The fourth-order valence-corrected chi connectivity index (χ4v) is 3.49. The Morgan fingerprint density at radius 1 is 1.03 bits per heavy atom. The van der Waals surface area contributed by atoms with Crippen LogP contribution in [-0.2, 0) is 10.0 Å². The second-order valence-corrected chi connectivity index (χ2v) is 7.62. The van der Waals surface area contributed by atoms with Crippen molar-refractivity contribution in [3.8, 4) is 5.75 Å². The highest BCUT2D eigenvalue weighted by Crippen LogP contribution is 2.19. The minimum atomic E-state index is -3.94. The maximum absolute atomic E-state index is 13.0. The fraction of sp³-hybridized carbons (Fsp3) is 0.100. The van der Waals surface area contributed by atoms with Crippen LogP contribution in [0.5, 0.6) is 5.75 Å². The monoisotopic (exact) mass is 415 g/mol. The van der Waals surface area contributed by atoms with Gasteiger partial charge in [-0.15, -0.1) is 0 Å². The smallest absolute Gasteiger partial charge is 0.261 e. The average molecular weight is 415 g/mol. The Hall–Kier alpha value is -3.46. The van der Waals surface area contributed by atoms with Gasteiger partial charge in [0.15, 0.2) is 0 Å². The Morgan fingerprint density at radius 2 is 1.72 bits per heavy atom. The highest BCUT2D eigenvalue weighted by Gasteiger charge is 2.16. The lowest BCUT2D eigenvalue weighted by Crippen LogP contribution is -2.15. The first-order valence-electron chi connectivity index (χ1n) is 8.65. The van der Waals surface area contributed by atoms with E-state index in [0.717, 1.165) is 24.3 Å². The number of ether oxygens (including phenoxy) is 1. The third-order valence-corrected chi connectivity index (χ3v) is 5.20. The van der Waals surface area contributed by atoms with Gasteiger partial charge in [0.1, 0.15) is 11.6 Å². The first-order valence-corrected chi connectivity index (χ1v) is 10.1.